The van der Waals surface area contributed by atoms with Crippen LogP contribution in [0.25, 0.3) is 6.08 Å². The highest BCUT2D eigenvalue weighted by Crippen LogP contribution is 2.20. The van der Waals surface area contributed by atoms with E-state index in [4.69, 9.17) is 5.26 Å². The lowest BCUT2D eigenvalue weighted by atomic mass is 10.1. The van der Waals surface area contributed by atoms with Crippen LogP contribution in [0.15, 0.2) is 34.7 Å². The predicted molar refractivity (Wildman–Crippen MR) is 73.0 cm³/mol. The topological polar surface area (TPSA) is 52.9 Å². The molecule has 0 saturated heterocycles. The van der Waals surface area contributed by atoms with Gasteiger partial charge >= 0.3 is 0 Å². The zero-order valence-electron chi connectivity index (χ0n) is 10.1. The van der Waals surface area contributed by atoms with Crippen LogP contribution in [0.3, 0.4) is 0 Å². The van der Waals surface area contributed by atoms with Crippen LogP contribution in [-0.2, 0) is 4.79 Å². The molecule has 0 atom stereocenters. The van der Waals surface area contributed by atoms with Crippen LogP contribution in [0.5, 0.6) is 0 Å². The molecule has 1 N–H and O–H groups in total. The van der Waals surface area contributed by atoms with Gasteiger partial charge in [0.25, 0.3) is 5.91 Å². The van der Waals surface area contributed by atoms with Gasteiger partial charge in [0.2, 0.25) is 0 Å². The molecule has 18 heavy (non-hydrogen) atoms. The van der Waals surface area contributed by atoms with Gasteiger partial charge in [-0.1, -0.05) is 12.1 Å². The van der Waals surface area contributed by atoms with Gasteiger partial charge in [0, 0.05) is 10.9 Å². The SMILES string of the molecule is CSc1ccc(/C=C(\C#N)C(=O)NC2CC2)cc1. The maximum Gasteiger partial charge on any atom is 0.262 e. The Balaban J connectivity index is 2.11. The average Bonchev–Trinajstić information content (AvgIpc) is 3.20. The maximum atomic E-state index is 11.7. The van der Waals surface area contributed by atoms with Crippen LogP contribution >= 0.6 is 11.8 Å². The van der Waals surface area contributed by atoms with E-state index < -0.39 is 0 Å². The summed E-state index contributed by atoms with van der Waals surface area (Å²) in [6.07, 6.45) is 5.68. The lowest BCUT2D eigenvalue weighted by molar-refractivity contribution is -0.117. The highest BCUT2D eigenvalue weighted by Gasteiger charge is 2.24. The third kappa shape index (κ3) is 3.38. The van der Waals surface area contributed by atoms with Crippen LogP contribution in [-0.4, -0.2) is 18.2 Å². The quantitative estimate of drug-likeness (QED) is 0.513. The molecule has 2 rings (SSSR count). The molecule has 0 aliphatic heterocycles. The highest BCUT2D eigenvalue weighted by molar-refractivity contribution is 7.98. The molecule has 0 unspecified atom stereocenters. The molecule has 0 heterocycles. The molecule has 92 valence electrons. The molecule has 3 nitrogen and oxygen atoms in total. The largest absolute Gasteiger partial charge is 0.349 e. The molecule has 1 aliphatic carbocycles. The van der Waals surface area contributed by atoms with Gasteiger partial charge in [-0.25, -0.2) is 0 Å². The lowest BCUT2D eigenvalue weighted by Crippen LogP contribution is -2.26. The first kappa shape index (κ1) is 12.7. The monoisotopic (exact) mass is 258 g/mol. The molecule has 0 spiro atoms. The summed E-state index contributed by atoms with van der Waals surface area (Å²) in [6.45, 7) is 0. The van der Waals surface area contributed by atoms with E-state index in [2.05, 4.69) is 5.32 Å². The van der Waals surface area contributed by atoms with Crippen molar-refractivity contribution in [3.8, 4) is 6.07 Å². The summed E-state index contributed by atoms with van der Waals surface area (Å²) in [5, 5.41) is 11.8. The standard InChI is InChI=1S/C14H14N2OS/c1-18-13-6-2-10(3-7-13)8-11(9-15)14(17)16-12-4-5-12/h2-3,6-8,12H,4-5H2,1H3,(H,16,17)/b11-8+. The van der Waals surface area contributed by atoms with Gasteiger partial charge < -0.3 is 5.32 Å². The molecule has 1 aromatic rings. The Bertz CT molecular complexity index is 510. The molecule has 1 saturated carbocycles. The van der Waals surface area contributed by atoms with E-state index >= 15 is 0 Å². The normalized spacial score (nSPS) is 15.0. The summed E-state index contributed by atoms with van der Waals surface area (Å²) in [5.41, 5.74) is 1.04. The van der Waals surface area contributed by atoms with Crippen LogP contribution in [0.4, 0.5) is 0 Å². The Kier molecular flexibility index (Phi) is 4.06. The molecular formula is C14H14N2OS. The summed E-state index contributed by atoms with van der Waals surface area (Å²) < 4.78 is 0. The van der Waals surface area contributed by atoms with E-state index in [0.29, 0.717) is 0 Å². The number of nitrogens with one attached hydrogen (secondary N) is 1. The average molecular weight is 258 g/mol. The van der Waals surface area contributed by atoms with E-state index in [9.17, 15) is 4.79 Å². The summed E-state index contributed by atoms with van der Waals surface area (Å²) in [5.74, 6) is -0.269. The zero-order valence-corrected chi connectivity index (χ0v) is 11.0. The Morgan fingerprint density at radius 3 is 2.61 bits per heavy atom. The van der Waals surface area contributed by atoms with Crippen LogP contribution in [0.1, 0.15) is 18.4 Å². The number of thioether (sulfide) groups is 1. The second-order valence-corrected chi connectivity index (χ2v) is 5.07. The van der Waals surface area contributed by atoms with Crippen molar-refractivity contribution in [3.05, 3.63) is 35.4 Å². The molecule has 1 aromatic carbocycles. The second-order valence-electron chi connectivity index (χ2n) is 4.19. The number of carbonyl (C=O) groups is 1. The fraction of sp³-hybridized carbons (Fsp3) is 0.286. The van der Waals surface area contributed by atoms with Gasteiger partial charge in [-0.05, 0) is 42.9 Å². The molecule has 1 amide bonds. The van der Waals surface area contributed by atoms with E-state index in [1.807, 2.05) is 36.6 Å². The number of carbonyl (C=O) groups excluding carboxylic acids is 1. The van der Waals surface area contributed by atoms with Gasteiger partial charge in [0.1, 0.15) is 11.6 Å². The van der Waals surface area contributed by atoms with Crippen LogP contribution < -0.4 is 5.32 Å². The molecule has 1 fully saturated rings. The van der Waals surface area contributed by atoms with Crippen molar-refractivity contribution in [2.24, 2.45) is 0 Å². The summed E-state index contributed by atoms with van der Waals surface area (Å²) in [6, 6.07) is 10.0. The van der Waals surface area contributed by atoms with Gasteiger partial charge in [0.05, 0.1) is 0 Å². The van der Waals surface area contributed by atoms with Crippen molar-refractivity contribution in [1.29, 1.82) is 5.26 Å². The summed E-state index contributed by atoms with van der Waals surface area (Å²) in [4.78, 5) is 12.9. The summed E-state index contributed by atoms with van der Waals surface area (Å²) >= 11 is 1.66. The molecular weight excluding hydrogens is 244 g/mol. The van der Waals surface area contributed by atoms with Gasteiger partial charge in [-0.2, -0.15) is 5.26 Å². The number of hydrogen-bond donors (Lipinski definition) is 1. The maximum absolute atomic E-state index is 11.7. The molecule has 0 radical (unpaired) electrons. The number of rotatable bonds is 4. The Morgan fingerprint density at radius 2 is 2.11 bits per heavy atom. The van der Waals surface area contributed by atoms with E-state index in [1.165, 1.54) is 0 Å². The summed E-state index contributed by atoms with van der Waals surface area (Å²) in [7, 11) is 0. The zero-order chi connectivity index (χ0) is 13.0. The number of nitrogens with zero attached hydrogens (tertiary/aromatic N) is 1. The first-order valence-corrected chi connectivity index (χ1v) is 7.02. The first-order valence-electron chi connectivity index (χ1n) is 5.79. The smallest absolute Gasteiger partial charge is 0.262 e. The number of nitriles is 1. The van der Waals surface area contributed by atoms with Gasteiger partial charge in [-0.15, -0.1) is 11.8 Å². The number of hydrogen-bond acceptors (Lipinski definition) is 3. The van der Waals surface area contributed by atoms with E-state index in [-0.39, 0.29) is 17.5 Å². The Hall–Kier alpha value is -1.73. The fourth-order valence-electron chi connectivity index (χ4n) is 1.51. The van der Waals surface area contributed by atoms with Crippen molar-refractivity contribution >= 4 is 23.7 Å². The third-order valence-corrected chi connectivity index (χ3v) is 3.45. The third-order valence-electron chi connectivity index (χ3n) is 2.70. The second kappa shape index (κ2) is 5.74. The minimum Gasteiger partial charge on any atom is -0.349 e. The van der Waals surface area contributed by atoms with E-state index in [1.54, 1.807) is 17.8 Å². The van der Waals surface area contributed by atoms with E-state index in [0.717, 1.165) is 23.3 Å². The fourth-order valence-corrected chi connectivity index (χ4v) is 1.91. The minimum atomic E-state index is -0.269. The van der Waals surface area contributed by atoms with Gasteiger partial charge in [0.15, 0.2) is 0 Å². The molecule has 4 heteroatoms. The first-order chi connectivity index (χ1) is 8.72. The Labute approximate surface area is 111 Å². The molecule has 1 aliphatic rings. The van der Waals surface area contributed by atoms with Crippen molar-refractivity contribution in [3.63, 3.8) is 0 Å². The Morgan fingerprint density at radius 1 is 1.44 bits per heavy atom. The lowest BCUT2D eigenvalue weighted by Gasteiger charge is -2.02. The number of amides is 1. The number of benzene rings is 1. The van der Waals surface area contributed by atoms with Crippen molar-refractivity contribution in [1.82, 2.24) is 5.32 Å². The predicted octanol–water partition coefficient (Wildman–Crippen LogP) is 2.59. The highest BCUT2D eigenvalue weighted by atomic mass is 32.2. The van der Waals surface area contributed by atoms with Gasteiger partial charge in [-0.3, -0.25) is 4.79 Å². The van der Waals surface area contributed by atoms with Crippen molar-refractivity contribution < 1.29 is 4.79 Å². The van der Waals surface area contributed by atoms with Crippen LogP contribution in [0.2, 0.25) is 0 Å². The van der Waals surface area contributed by atoms with Crippen molar-refractivity contribution in [2.45, 2.75) is 23.8 Å². The van der Waals surface area contributed by atoms with Crippen molar-refractivity contribution in [2.75, 3.05) is 6.26 Å². The van der Waals surface area contributed by atoms with Crippen LogP contribution in [0, 0.1) is 11.3 Å². The molecule has 0 aromatic heterocycles. The molecule has 0 bridgehead atoms. The minimum absolute atomic E-state index is 0.166.